The Kier molecular flexibility index (Phi) is 3.77. The van der Waals surface area contributed by atoms with Crippen molar-refractivity contribution in [2.24, 2.45) is 5.73 Å². The molecule has 20 heavy (non-hydrogen) atoms. The Morgan fingerprint density at radius 1 is 1.25 bits per heavy atom. The van der Waals surface area contributed by atoms with Crippen molar-refractivity contribution < 1.29 is 0 Å². The third kappa shape index (κ3) is 2.05. The van der Waals surface area contributed by atoms with Crippen LogP contribution in [0.5, 0.6) is 0 Å². The van der Waals surface area contributed by atoms with Gasteiger partial charge in [-0.1, -0.05) is 38.0 Å². The minimum Gasteiger partial charge on any atom is -0.329 e. The highest BCUT2D eigenvalue weighted by atomic mass is 32.1. The Morgan fingerprint density at radius 3 is 2.55 bits per heavy atom. The Bertz CT molecular complexity index is 569. The van der Waals surface area contributed by atoms with Gasteiger partial charge in [-0.15, -0.1) is 10.2 Å². The van der Waals surface area contributed by atoms with Crippen LogP contribution in [0.1, 0.15) is 69.1 Å². The van der Waals surface area contributed by atoms with Crippen molar-refractivity contribution in [2.45, 2.75) is 63.7 Å². The van der Waals surface area contributed by atoms with Crippen LogP contribution in [0.25, 0.3) is 4.96 Å². The van der Waals surface area contributed by atoms with Crippen LogP contribution in [0.2, 0.25) is 0 Å². The van der Waals surface area contributed by atoms with Crippen molar-refractivity contribution in [3.8, 4) is 0 Å². The zero-order valence-corrected chi connectivity index (χ0v) is 13.1. The molecular weight excluding hydrogens is 270 g/mol. The molecule has 0 radical (unpaired) electrons. The van der Waals surface area contributed by atoms with E-state index >= 15 is 0 Å². The van der Waals surface area contributed by atoms with Gasteiger partial charge in [0, 0.05) is 17.9 Å². The number of hydrogen-bond donors (Lipinski definition) is 1. The summed E-state index contributed by atoms with van der Waals surface area (Å²) in [4.78, 5) is 0.918. The van der Waals surface area contributed by atoms with E-state index in [-0.39, 0.29) is 5.41 Å². The summed E-state index contributed by atoms with van der Waals surface area (Å²) in [6, 6.07) is 0. The highest BCUT2D eigenvalue weighted by Crippen LogP contribution is 2.37. The molecule has 3 rings (SSSR count). The lowest BCUT2D eigenvalue weighted by atomic mass is 9.83. The van der Waals surface area contributed by atoms with Gasteiger partial charge in [-0.05, 0) is 25.7 Å². The number of hydrogen-bond acceptors (Lipinski definition) is 5. The van der Waals surface area contributed by atoms with Crippen LogP contribution in [0.15, 0.2) is 0 Å². The molecule has 2 heterocycles. The molecule has 0 saturated heterocycles. The van der Waals surface area contributed by atoms with Crippen LogP contribution in [0.3, 0.4) is 0 Å². The van der Waals surface area contributed by atoms with E-state index < -0.39 is 0 Å². The van der Waals surface area contributed by atoms with Crippen molar-refractivity contribution in [1.29, 1.82) is 0 Å². The number of rotatable bonds is 5. The lowest BCUT2D eigenvalue weighted by molar-refractivity contribution is 0.399. The molecule has 0 atom stereocenters. The molecule has 1 aliphatic rings. The molecule has 5 nitrogen and oxygen atoms in total. The predicted molar refractivity (Wildman–Crippen MR) is 81.2 cm³/mol. The van der Waals surface area contributed by atoms with Crippen molar-refractivity contribution in [3.63, 3.8) is 0 Å². The second-order valence-electron chi connectivity index (χ2n) is 5.83. The Balaban J connectivity index is 2.02. The monoisotopic (exact) mass is 293 g/mol. The molecule has 0 bridgehead atoms. The summed E-state index contributed by atoms with van der Waals surface area (Å²) in [5, 5.41) is 14.6. The van der Waals surface area contributed by atoms with Gasteiger partial charge in [-0.3, -0.25) is 0 Å². The van der Waals surface area contributed by atoms with E-state index in [1.807, 2.05) is 4.52 Å². The van der Waals surface area contributed by atoms with Crippen LogP contribution in [0, 0.1) is 0 Å². The zero-order chi connectivity index (χ0) is 14.2. The Hall–Kier alpha value is -1.01. The first kappa shape index (κ1) is 13.9. The fourth-order valence-corrected chi connectivity index (χ4v) is 4.40. The fraction of sp³-hybridized carbons (Fsp3) is 0.786. The van der Waals surface area contributed by atoms with E-state index in [1.54, 1.807) is 11.3 Å². The van der Waals surface area contributed by atoms with E-state index in [0.717, 1.165) is 28.6 Å². The summed E-state index contributed by atoms with van der Waals surface area (Å²) in [6.07, 6.45) is 7.07. The molecular formula is C14H23N5S. The van der Waals surface area contributed by atoms with Gasteiger partial charge in [-0.2, -0.15) is 9.61 Å². The summed E-state index contributed by atoms with van der Waals surface area (Å²) in [5.74, 6) is 1.59. The Morgan fingerprint density at radius 2 is 1.95 bits per heavy atom. The summed E-state index contributed by atoms with van der Waals surface area (Å²) < 4.78 is 1.98. The first-order valence-corrected chi connectivity index (χ1v) is 8.48. The van der Waals surface area contributed by atoms with E-state index in [9.17, 15) is 0 Å². The Labute approximate surface area is 123 Å². The lowest BCUT2D eigenvalue weighted by Gasteiger charge is -2.26. The molecule has 1 fully saturated rings. The molecule has 0 aliphatic heterocycles. The van der Waals surface area contributed by atoms with Gasteiger partial charge in [0.15, 0.2) is 5.82 Å². The number of fused-ring (bicyclic) bond motifs is 1. The van der Waals surface area contributed by atoms with Gasteiger partial charge in [0.2, 0.25) is 4.96 Å². The predicted octanol–water partition coefficient (Wildman–Crippen LogP) is 2.86. The zero-order valence-electron chi connectivity index (χ0n) is 12.3. The first-order valence-electron chi connectivity index (χ1n) is 7.66. The van der Waals surface area contributed by atoms with E-state index in [0.29, 0.717) is 12.5 Å². The summed E-state index contributed by atoms with van der Waals surface area (Å²) >= 11 is 1.66. The molecule has 0 unspecified atom stereocenters. The molecule has 0 aromatic carbocycles. The summed E-state index contributed by atoms with van der Waals surface area (Å²) in [7, 11) is 0. The fourth-order valence-electron chi connectivity index (χ4n) is 3.21. The molecule has 6 heteroatoms. The third-order valence-corrected chi connectivity index (χ3v) is 6.08. The smallest absolute Gasteiger partial charge is 0.234 e. The van der Waals surface area contributed by atoms with Crippen molar-refractivity contribution in [1.82, 2.24) is 19.8 Å². The average molecular weight is 293 g/mol. The highest BCUT2D eigenvalue weighted by Gasteiger charge is 2.32. The second kappa shape index (κ2) is 5.41. The van der Waals surface area contributed by atoms with Crippen molar-refractivity contribution in [3.05, 3.63) is 10.8 Å². The van der Waals surface area contributed by atoms with Gasteiger partial charge < -0.3 is 5.73 Å². The molecule has 2 N–H and O–H groups in total. The number of nitrogens with zero attached hydrogens (tertiary/aromatic N) is 4. The quantitative estimate of drug-likeness (QED) is 0.920. The maximum Gasteiger partial charge on any atom is 0.234 e. The van der Waals surface area contributed by atoms with E-state index in [2.05, 4.69) is 24.0 Å². The normalized spacial score (nSPS) is 17.4. The minimum absolute atomic E-state index is 0.00167. The lowest BCUT2D eigenvalue weighted by Crippen LogP contribution is -2.33. The molecule has 0 spiro atoms. The van der Waals surface area contributed by atoms with Gasteiger partial charge >= 0.3 is 0 Å². The minimum atomic E-state index is -0.00167. The van der Waals surface area contributed by atoms with Gasteiger partial charge in [0.05, 0.1) is 0 Å². The van der Waals surface area contributed by atoms with Crippen molar-refractivity contribution >= 4 is 16.3 Å². The van der Waals surface area contributed by atoms with E-state index in [4.69, 9.17) is 10.8 Å². The largest absolute Gasteiger partial charge is 0.329 e. The third-order valence-electron chi connectivity index (χ3n) is 4.93. The van der Waals surface area contributed by atoms with E-state index in [1.165, 1.54) is 25.7 Å². The van der Waals surface area contributed by atoms with Crippen LogP contribution in [-0.4, -0.2) is 26.4 Å². The van der Waals surface area contributed by atoms with Crippen LogP contribution < -0.4 is 5.73 Å². The van der Waals surface area contributed by atoms with Crippen molar-refractivity contribution in [2.75, 3.05) is 6.54 Å². The number of aromatic nitrogens is 4. The van der Waals surface area contributed by atoms with Crippen LogP contribution >= 0.6 is 11.3 Å². The number of nitrogens with two attached hydrogens (primary N) is 1. The maximum atomic E-state index is 6.03. The van der Waals surface area contributed by atoms with Gasteiger partial charge in [0.1, 0.15) is 5.01 Å². The first-order chi connectivity index (χ1) is 9.74. The maximum absolute atomic E-state index is 6.03. The molecule has 110 valence electrons. The molecule has 2 aromatic rings. The SMILES string of the molecule is CCC(CC)(CN)c1nn2c(C3CCCC3)nnc2s1. The van der Waals surface area contributed by atoms with Crippen LogP contribution in [-0.2, 0) is 5.41 Å². The summed E-state index contributed by atoms with van der Waals surface area (Å²) in [5.41, 5.74) is 6.03. The average Bonchev–Trinajstić information content (AvgIpc) is 3.17. The topological polar surface area (TPSA) is 69.1 Å². The summed E-state index contributed by atoms with van der Waals surface area (Å²) in [6.45, 7) is 5.02. The molecule has 2 aromatic heterocycles. The standard InChI is InChI=1S/C14H23N5S/c1-3-14(4-2,9-15)12-18-19-11(10-7-5-6-8-10)16-17-13(19)20-12/h10H,3-9,15H2,1-2H3. The molecule has 0 amide bonds. The van der Waals surface area contributed by atoms with Gasteiger partial charge in [-0.25, -0.2) is 0 Å². The second-order valence-corrected chi connectivity index (χ2v) is 6.79. The van der Waals surface area contributed by atoms with Crippen LogP contribution in [0.4, 0.5) is 0 Å². The van der Waals surface area contributed by atoms with Gasteiger partial charge in [0.25, 0.3) is 0 Å². The highest BCUT2D eigenvalue weighted by molar-refractivity contribution is 7.16. The molecule has 1 saturated carbocycles. The molecule has 1 aliphatic carbocycles.